The van der Waals surface area contributed by atoms with Crippen LogP contribution >= 0.6 is 9.24 Å². The Bertz CT molecular complexity index is 61.8. The number of hydrogen-bond donors (Lipinski definition) is 0. The monoisotopic (exact) mass is 105 g/mol. The minimum absolute atomic E-state index is 0.00926. The van der Waals surface area contributed by atoms with E-state index >= 15 is 0 Å². The summed E-state index contributed by atoms with van der Waals surface area (Å²) in [6.45, 7) is 0. The molecule has 0 saturated carbocycles. The summed E-state index contributed by atoms with van der Waals surface area (Å²) in [5, 5.41) is 0. The highest BCUT2D eigenvalue weighted by Gasteiger charge is 1.87. The molecular weight excluding hydrogens is 97.0 g/mol. The molecule has 1 unspecified atom stereocenters. The maximum absolute atomic E-state index is 10.0. The van der Waals surface area contributed by atoms with Gasteiger partial charge in [0.1, 0.15) is 0 Å². The van der Waals surface area contributed by atoms with E-state index in [2.05, 4.69) is 9.24 Å². The van der Waals surface area contributed by atoms with Crippen molar-refractivity contribution in [1.82, 2.24) is 4.90 Å². The fourth-order valence-corrected chi connectivity index (χ4v) is 0. The second-order valence-electron chi connectivity index (χ2n) is 1.23. The molecular formula is C3H8NOP. The average Bonchev–Trinajstić information content (AvgIpc) is 1.36. The summed E-state index contributed by atoms with van der Waals surface area (Å²) in [6.07, 6.45) is 0. The Morgan fingerprint density at radius 2 is 1.83 bits per heavy atom. The van der Waals surface area contributed by atoms with E-state index in [1.54, 1.807) is 14.1 Å². The van der Waals surface area contributed by atoms with Crippen molar-refractivity contribution in [2.45, 2.75) is 0 Å². The minimum Gasteiger partial charge on any atom is -0.346 e. The molecule has 0 aliphatic heterocycles. The SMILES string of the molecule is CN(C)C(=O)P. The summed E-state index contributed by atoms with van der Waals surface area (Å²) in [4.78, 5) is 11.5. The standard InChI is InChI=1S/C3H8NOP/c1-4(2)3(5)6/h6H2,1-2H3. The molecule has 6 heavy (non-hydrogen) atoms. The zero-order chi connectivity index (χ0) is 5.15. The largest absolute Gasteiger partial charge is 0.346 e. The number of nitrogens with zero attached hydrogens (tertiary/aromatic N) is 1. The van der Waals surface area contributed by atoms with E-state index < -0.39 is 0 Å². The molecule has 1 amide bonds. The molecule has 0 fully saturated rings. The van der Waals surface area contributed by atoms with E-state index in [0.29, 0.717) is 0 Å². The van der Waals surface area contributed by atoms with Crippen LogP contribution in [0.4, 0.5) is 4.79 Å². The predicted octanol–water partition coefficient (Wildman–Crippen LogP) is 0.543. The first kappa shape index (κ1) is 5.90. The van der Waals surface area contributed by atoms with Gasteiger partial charge in [0, 0.05) is 14.1 Å². The van der Waals surface area contributed by atoms with Gasteiger partial charge in [0.15, 0.2) is 0 Å². The second-order valence-corrected chi connectivity index (χ2v) is 1.73. The molecule has 0 rings (SSSR count). The zero-order valence-electron chi connectivity index (χ0n) is 3.93. The summed E-state index contributed by atoms with van der Waals surface area (Å²) in [5.41, 5.74) is 0.00926. The molecule has 0 N–H and O–H groups in total. The molecule has 0 aromatic rings. The van der Waals surface area contributed by atoms with Gasteiger partial charge in [-0.1, -0.05) is 0 Å². The van der Waals surface area contributed by atoms with Crippen LogP contribution in [0.3, 0.4) is 0 Å². The van der Waals surface area contributed by atoms with Crippen molar-refractivity contribution < 1.29 is 4.79 Å². The smallest absolute Gasteiger partial charge is 0.236 e. The van der Waals surface area contributed by atoms with Crippen LogP contribution in [-0.4, -0.2) is 24.6 Å². The molecule has 0 saturated heterocycles. The lowest BCUT2D eigenvalue weighted by molar-refractivity contribution is 0.241. The first-order valence-electron chi connectivity index (χ1n) is 1.61. The van der Waals surface area contributed by atoms with E-state index in [1.165, 1.54) is 4.90 Å². The minimum atomic E-state index is 0.00926. The summed E-state index contributed by atoms with van der Waals surface area (Å²) < 4.78 is 0. The van der Waals surface area contributed by atoms with Crippen LogP contribution in [0, 0.1) is 0 Å². The Hall–Kier alpha value is -0.100. The van der Waals surface area contributed by atoms with E-state index in [-0.39, 0.29) is 5.65 Å². The normalized spacial score (nSPS) is 7.83. The van der Waals surface area contributed by atoms with Gasteiger partial charge < -0.3 is 4.90 Å². The molecule has 0 radical (unpaired) electrons. The molecule has 36 valence electrons. The molecule has 0 aliphatic carbocycles. The molecule has 1 atom stereocenters. The maximum Gasteiger partial charge on any atom is 0.236 e. The first-order chi connectivity index (χ1) is 2.64. The summed E-state index contributed by atoms with van der Waals surface area (Å²) >= 11 is 0. The van der Waals surface area contributed by atoms with Crippen LogP contribution in [0.25, 0.3) is 0 Å². The zero-order valence-corrected chi connectivity index (χ0v) is 5.09. The van der Waals surface area contributed by atoms with Gasteiger partial charge in [-0.2, -0.15) is 0 Å². The van der Waals surface area contributed by atoms with Crippen LogP contribution < -0.4 is 0 Å². The van der Waals surface area contributed by atoms with Gasteiger partial charge in [0.2, 0.25) is 5.65 Å². The molecule has 0 heterocycles. The van der Waals surface area contributed by atoms with Gasteiger partial charge in [-0.25, -0.2) is 0 Å². The molecule has 0 aromatic carbocycles. The lowest BCUT2D eigenvalue weighted by Gasteiger charge is -2.02. The summed E-state index contributed by atoms with van der Waals surface area (Å²) in [7, 11) is 5.47. The fourth-order valence-electron chi connectivity index (χ4n) is 0. The number of hydrogen-bond acceptors (Lipinski definition) is 1. The van der Waals surface area contributed by atoms with E-state index in [4.69, 9.17) is 0 Å². The lowest BCUT2D eigenvalue weighted by Crippen LogP contribution is -2.12. The van der Waals surface area contributed by atoms with Crippen LogP contribution in [0.5, 0.6) is 0 Å². The predicted molar refractivity (Wildman–Crippen MR) is 28.8 cm³/mol. The molecule has 2 nitrogen and oxygen atoms in total. The van der Waals surface area contributed by atoms with Crippen LogP contribution in [0.1, 0.15) is 0 Å². The first-order valence-corrected chi connectivity index (χ1v) is 2.19. The topological polar surface area (TPSA) is 20.3 Å². The van der Waals surface area contributed by atoms with Gasteiger partial charge in [-0.05, 0) is 9.24 Å². The van der Waals surface area contributed by atoms with Gasteiger partial charge in [-0.15, -0.1) is 0 Å². The van der Waals surface area contributed by atoms with Crippen molar-refractivity contribution in [2.24, 2.45) is 0 Å². The molecule has 0 aliphatic rings. The van der Waals surface area contributed by atoms with Crippen molar-refractivity contribution >= 4 is 14.9 Å². The van der Waals surface area contributed by atoms with Gasteiger partial charge in [0.25, 0.3) is 0 Å². The van der Waals surface area contributed by atoms with Gasteiger partial charge in [-0.3, -0.25) is 4.79 Å². The fraction of sp³-hybridized carbons (Fsp3) is 0.667. The summed E-state index contributed by atoms with van der Waals surface area (Å²) in [5.74, 6) is 0. The maximum atomic E-state index is 10.0. The average molecular weight is 105 g/mol. The van der Waals surface area contributed by atoms with Gasteiger partial charge in [0.05, 0.1) is 0 Å². The van der Waals surface area contributed by atoms with Crippen LogP contribution in [0.15, 0.2) is 0 Å². The third kappa shape index (κ3) is 2.16. The number of carbonyl (C=O) groups is 1. The number of rotatable bonds is 0. The van der Waals surface area contributed by atoms with Crippen molar-refractivity contribution in [3.8, 4) is 0 Å². The Kier molecular flexibility index (Phi) is 2.11. The highest BCUT2D eigenvalue weighted by atomic mass is 31.0. The van der Waals surface area contributed by atoms with Crippen LogP contribution in [-0.2, 0) is 0 Å². The number of amides is 1. The Morgan fingerprint density at radius 1 is 1.67 bits per heavy atom. The van der Waals surface area contributed by atoms with E-state index in [9.17, 15) is 4.79 Å². The second kappa shape index (κ2) is 2.14. The Labute approximate surface area is 39.7 Å². The number of carbonyl (C=O) groups excluding carboxylic acids is 1. The third-order valence-electron chi connectivity index (χ3n) is 0.441. The summed E-state index contributed by atoms with van der Waals surface area (Å²) in [6, 6.07) is 0. The Morgan fingerprint density at radius 3 is 1.83 bits per heavy atom. The van der Waals surface area contributed by atoms with Crippen molar-refractivity contribution in [1.29, 1.82) is 0 Å². The van der Waals surface area contributed by atoms with Crippen molar-refractivity contribution in [3.05, 3.63) is 0 Å². The molecule has 0 aromatic heterocycles. The Balaban J connectivity index is 3.26. The lowest BCUT2D eigenvalue weighted by atomic mass is 11.0. The van der Waals surface area contributed by atoms with E-state index in [0.717, 1.165) is 0 Å². The van der Waals surface area contributed by atoms with E-state index in [1.807, 2.05) is 0 Å². The van der Waals surface area contributed by atoms with Gasteiger partial charge >= 0.3 is 0 Å². The molecule has 0 spiro atoms. The third-order valence-corrected chi connectivity index (χ3v) is 0.957. The quantitative estimate of drug-likeness (QED) is 0.412. The van der Waals surface area contributed by atoms with Crippen LogP contribution in [0.2, 0.25) is 0 Å². The van der Waals surface area contributed by atoms with Crippen molar-refractivity contribution in [2.75, 3.05) is 14.1 Å². The van der Waals surface area contributed by atoms with Crippen molar-refractivity contribution in [3.63, 3.8) is 0 Å². The highest BCUT2D eigenvalue weighted by Crippen LogP contribution is 1.88. The molecule has 3 heteroatoms. The molecule has 0 bridgehead atoms. The highest BCUT2D eigenvalue weighted by molar-refractivity contribution is 7.39.